The van der Waals surface area contributed by atoms with Gasteiger partial charge in [0.25, 0.3) is 5.91 Å². The fourth-order valence-corrected chi connectivity index (χ4v) is 0.982. The summed E-state index contributed by atoms with van der Waals surface area (Å²) < 4.78 is 44.2. The van der Waals surface area contributed by atoms with E-state index in [4.69, 9.17) is 10.5 Å². The molecule has 0 fully saturated rings. The third-order valence-electron chi connectivity index (χ3n) is 1.77. The number of rotatable bonds is 4. The number of hydrogen-bond acceptors (Lipinski definition) is 3. The normalized spacial score (nSPS) is 12.9. The van der Waals surface area contributed by atoms with Crippen LogP contribution >= 0.6 is 0 Å². The number of hydrogen-bond donors (Lipinski definition) is 1. The van der Waals surface area contributed by atoms with Crippen molar-refractivity contribution in [2.24, 2.45) is 5.73 Å². The maximum Gasteiger partial charge on any atom is 0.573 e. The zero-order valence-corrected chi connectivity index (χ0v) is 8.82. The van der Waals surface area contributed by atoms with Gasteiger partial charge in [0.1, 0.15) is 11.5 Å². The molecule has 1 atom stereocenters. The van der Waals surface area contributed by atoms with Crippen molar-refractivity contribution in [1.82, 2.24) is 0 Å². The first kappa shape index (κ1) is 13.1. The molecule has 1 amide bonds. The highest BCUT2D eigenvalue weighted by molar-refractivity contribution is 5.78. The number of ether oxygens (including phenoxy) is 2. The molecule has 1 aromatic carbocycles. The number of benzene rings is 1. The van der Waals surface area contributed by atoms with Gasteiger partial charge in [-0.2, -0.15) is 0 Å². The van der Waals surface area contributed by atoms with Gasteiger partial charge in [-0.1, -0.05) is 0 Å². The third kappa shape index (κ3) is 4.62. The number of amides is 1. The minimum atomic E-state index is -4.73. The number of halogens is 3. The maximum atomic E-state index is 11.8. The van der Waals surface area contributed by atoms with Gasteiger partial charge in [-0.05, 0) is 31.2 Å². The van der Waals surface area contributed by atoms with E-state index in [1.165, 1.54) is 19.1 Å². The van der Waals surface area contributed by atoms with Crippen LogP contribution in [-0.4, -0.2) is 18.4 Å². The Labute approximate surface area is 95.1 Å². The van der Waals surface area contributed by atoms with Crippen molar-refractivity contribution < 1.29 is 27.4 Å². The molecule has 0 spiro atoms. The Bertz CT molecular complexity index is 389. The summed E-state index contributed by atoms with van der Waals surface area (Å²) in [6.07, 6.45) is -5.59. The molecule has 7 heteroatoms. The summed E-state index contributed by atoms with van der Waals surface area (Å²) in [4.78, 5) is 10.7. The van der Waals surface area contributed by atoms with Gasteiger partial charge >= 0.3 is 6.36 Å². The largest absolute Gasteiger partial charge is 0.573 e. The van der Waals surface area contributed by atoms with E-state index >= 15 is 0 Å². The molecule has 94 valence electrons. The first-order valence-corrected chi connectivity index (χ1v) is 4.60. The summed E-state index contributed by atoms with van der Waals surface area (Å²) in [6, 6.07) is 4.66. The first-order valence-electron chi connectivity index (χ1n) is 4.60. The van der Waals surface area contributed by atoms with Crippen molar-refractivity contribution in [3.05, 3.63) is 24.3 Å². The molecular weight excluding hydrogens is 239 g/mol. The van der Waals surface area contributed by atoms with E-state index in [1.807, 2.05) is 0 Å². The highest BCUT2D eigenvalue weighted by Gasteiger charge is 2.31. The van der Waals surface area contributed by atoms with Gasteiger partial charge in [-0.15, -0.1) is 13.2 Å². The van der Waals surface area contributed by atoms with Crippen LogP contribution in [0.2, 0.25) is 0 Å². The molecule has 0 aliphatic heterocycles. The first-order chi connectivity index (χ1) is 7.78. The number of carbonyl (C=O) groups excluding carboxylic acids is 1. The van der Waals surface area contributed by atoms with Crippen LogP contribution in [0.15, 0.2) is 24.3 Å². The predicted octanol–water partition coefficient (Wildman–Crippen LogP) is 1.84. The summed E-state index contributed by atoms with van der Waals surface area (Å²) in [5.41, 5.74) is 4.96. The molecule has 2 N–H and O–H groups in total. The second-order valence-corrected chi connectivity index (χ2v) is 3.18. The molecule has 0 aromatic heterocycles. The van der Waals surface area contributed by atoms with E-state index in [9.17, 15) is 18.0 Å². The van der Waals surface area contributed by atoms with E-state index < -0.39 is 18.4 Å². The number of nitrogens with two attached hydrogens (primary N) is 1. The number of primary amides is 1. The monoisotopic (exact) mass is 249 g/mol. The predicted molar refractivity (Wildman–Crippen MR) is 52.4 cm³/mol. The second-order valence-electron chi connectivity index (χ2n) is 3.18. The van der Waals surface area contributed by atoms with Crippen LogP contribution in [0.25, 0.3) is 0 Å². The van der Waals surface area contributed by atoms with Crippen molar-refractivity contribution in [2.75, 3.05) is 0 Å². The van der Waals surface area contributed by atoms with Gasteiger partial charge in [-0.25, -0.2) is 0 Å². The lowest BCUT2D eigenvalue weighted by Crippen LogP contribution is -2.30. The Morgan fingerprint density at radius 2 is 1.71 bits per heavy atom. The summed E-state index contributed by atoms with van der Waals surface area (Å²) in [7, 11) is 0. The van der Waals surface area contributed by atoms with Crippen molar-refractivity contribution in [2.45, 2.75) is 19.4 Å². The van der Waals surface area contributed by atoms with Crippen LogP contribution in [-0.2, 0) is 4.79 Å². The topological polar surface area (TPSA) is 61.6 Å². The van der Waals surface area contributed by atoms with E-state index in [-0.39, 0.29) is 11.5 Å². The lowest BCUT2D eigenvalue weighted by molar-refractivity contribution is -0.274. The van der Waals surface area contributed by atoms with Gasteiger partial charge in [-0.3, -0.25) is 4.79 Å². The average Bonchev–Trinajstić information content (AvgIpc) is 2.18. The molecule has 0 radical (unpaired) electrons. The lowest BCUT2D eigenvalue weighted by Gasteiger charge is -2.12. The third-order valence-corrected chi connectivity index (χ3v) is 1.77. The molecule has 1 aromatic rings. The highest BCUT2D eigenvalue weighted by Crippen LogP contribution is 2.24. The molecule has 1 rings (SSSR count). The van der Waals surface area contributed by atoms with Crippen LogP contribution in [0.3, 0.4) is 0 Å². The van der Waals surface area contributed by atoms with Crippen LogP contribution in [0.5, 0.6) is 11.5 Å². The lowest BCUT2D eigenvalue weighted by atomic mass is 10.3. The molecule has 4 nitrogen and oxygen atoms in total. The van der Waals surface area contributed by atoms with Crippen molar-refractivity contribution in [1.29, 1.82) is 0 Å². The van der Waals surface area contributed by atoms with E-state index in [1.54, 1.807) is 0 Å². The molecule has 17 heavy (non-hydrogen) atoms. The Balaban J connectivity index is 2.65. The average molecular weight is 249 g/mol. The molecule has 0 bridgehead atoms. The van der Waals surface area contributed by atoms with Gasteiger partial charge in [0.05, 0.1) is 0 Å². The fraction of sp³-hybridized carbons (Fsp3) is 0.300. The summed E-state index contributed by atoms with van der Waals surface area (Å²) in [5, 5.41) is 0. The Hall–Kier alpha value is -1.92. The minimum absolute atomic E-state index is 0.228. The van der Waals surface area contributed by atoms with E-state index in [0.29, 0.717) is 0 Å². The minimum Gasteiger partial charge on any atom is -0.481 e. The number of alkyl halides is 3. The molecule has 0 aliphatic rings. The SMILES string of the molecule is CC(Oc1ccc(OC(F)(F)F)cc1)C(N)=O. The molecule has 0 saturated heterocycles. The van der Waals surface area contributed by atoms with E-state index in [2.05, 4.69) is 4.74 Å². The van der Waals surface area contributed by atoms with Gasteiger partial charge in [0, 0.05) is 0 Å². The standard InChI is InChI=1S/C10H10F3NO3/c1-6(9(14)15)16-7-2-4-8(5-3-7)17-10(11,12)13/h2-6H,1H3,(H2,14,15). The summed E-state index contributed by atoms with van der Waals surface area (Å²) in [6.45, 7) is 1.43. The van der Waals surface area contributed by atoms with Gasteiger partial charge in [0.2, 0.25) is 0 Å². The molecule has 0 saturated carbocycles. The summed E-state index contributed by atoms with van der Waals surface area (Å²) >= 11 is 0. The molecule has 1 unspecified atom stereocenters. The van der Waals surface area contributed by atoms with Crippen LogP contribution in [0.4, 0.5) is 13.2 Å². The van der Waals surface area contributed by atoms with Crippen LogP contribution in [0, 0.1) is 0 Å². The zero-order chi connectivity index (χ0) is 13.1. The summed E-state index contributed by atoms with van der Waals surface area (Å²) in [5.74, 6) is -0.803. The highest BCUT2D eigenvalue weighted by atomic mass is 19.4. The van der Waals surface area contributed by atoms with Gasteiger partial charge < -0.3 is 15.2 Å². The fourth-order valence-electron chi connectivity index (χ4n) is 0.982. The maximum absolute atomic E-state index is 11.8. The van der Waals surface area contributed by atoms with Crippen molar-refractivity contribution >= 4 is 5.91 Å². The van der Waals surface area contributed by atoms with Crippen molar-refractivity contribution in [3.8, 4) is 11.5 Å². The quantitative estimate of drug-likeness (QED) is 0.885. The number of carbonyl (C=O) groups is 1. The Kier molecular flexibility index (Phi) is 3.82. The van der Waals surface area contributed by atoms with Gasteiger partial charge in [0.15, 0.2) is 6.10 Å². The Morgan fingerprint density at radius 3 is 2.12 bits per heavy atom. The van der Waals surface area contributed by atoms with E-state index in [0.717, 1.165) is 12.1 Å². The molecular formula is C10H10F3NO3. The van der Waals surface area contributed by atoms with Crippen molar-refractivity contribution in [3.63, 3.8) is 0 Å². The molecule has 0 aliphatic carbocycles. The smallest absolute Gasteiger partial charge is 0.481 e. The second kappa shape index (κ2) is 4.94. The zero-order valence-electron chi connectivity index (χ0n) is 8.82. The van der Waals surface area contributed by atoms with Crippen LogP contribution in [0.1, 0.15) is 6.92 Å². The molecule has 0 heterocycles. The van der Waals surface area contributed by atoms with Crippen LogP contribution < -0.4 is 15.2 Å². The Morgan fingerprint density at radius 1 is 1.24 bits per heavy atom.